The van der Waals surface area contributed by atoms with Gasteiger partial charge >= 0.3 is 0 Å². The fraction of sp³-hybridized carbons (Fsp3) is 0.385. The molecule has 1 heterocycles. The van der Waals surface area contributed by atoms with Gasteiger partial charge in [0.25, 0.3) is 0 Å². The molecule has 1 aromatic heterocycles. The number of benzene rings is 1. The molecule has 0 spiro atoms. The van der Waals surface area contributed by atoms with Gasteiger partial charge in [0.2, 0.25) is 10.0 Å². The number of nitrogens with zero attached hydrogens (tertiary/aromatic N) is 3. The highest BCUT2D eigenvalue weighted by molar-refractivity contribution is 7.89. The van der Waals surface area contributed by atoms with Crippen LogP contribution >= 0.6 is 0 Å². The molecule has 114 valence electrons. The van der Waals surface area contributed by atoms with E-state index in [9.17, 15) is 8.42 Å². The molecule has 2 aromatic rings. The Hall–Kier alpha value is -1.77. The third kappa shape index (κ3) is 3.66. The van der Waals surface area contributed by atoms with Crippen molar-refractivity contribution < 1.29 is 8.42 Å². The molecule has 1 atom stereocenters. The van der Waals surface area contributed by atoms with Gasteiger partial charge in [0.05, 0.1) is 11.4 Å². The van der Waals surface area contributed by atoms with Crippen LogP contribution in [0.15, 0.2) is 35.5 Å². The molecule has 0 aliphatic rings. The number of aromatic nitrogens is 3. The van der Waals surface area contributed by atoms with E-state index >= 15 is 0 Å². The lowest BCUT2D eigenvalue weighted by atomic mass is 10.1. The predicted octanol–water partition coefficient (Wildman–Crippen LogP) is 0.703. The first-order valence-corrected chi connectivity index (χ1v) is 8.10. The number of hydrogen-bond donors (Lipinski definition) is 2. The van der Waals surface area contributed by atoms with Gasteiger partial charge in [-0.05, 0) is 24.1 Å². The molecule has 3 N–H and O–H groups in total. The van der Waals surface area contributed by atoms with Crippen LogP contribution < -0.4 is 10.5 Å². The normalized spacial score (nSPS) is 13.3. The molecule has 0 amide bonds. The van der Waals surface area contributed by atoms with Crippen molar-refractivity contribution in [3.63, 3.8) is 0 Å². The molecular formula is C13H19N5O2S. The lowest BCUT2D eigenvalue weighted by Crippen LogP contribution is -2.25. The SMILES string of the molecule is CCC(N)c1cccc(S(=O)(=O)NCc2nncn2C)c1. The molecule has 0 saturated heterocycles. The summed E-state index contributed by atoms with van der Waals surface area (Å²) in [5.41, 5.74) is 6.75. The molecular weight excluding hydrogens is 290 g/mol. The number of nitrogens with two attached hydrogens (primary N) is 1. The van der Waals surface area contributed by atoms with Gasteiger partial charge in [0, 0.05) is 13.1 Å². The van der Waals surface area contributed by atoms with Crippen molar-refractivity contribution in [2.24, 2.45) is 12.8 Å². The number of hydrogen-bond acceptors (Lipinski definition) is 5. The Morgan fingerprint density at radius 2 is 2.19 bits per heavy atom. The van der Waals surface area contributed by atoms with Crippen molar-refractivity contribution in [2.45, 2.75) is 30.8 Å². The molecule has 7 nitrogen and oxygen atoms in total. The van der Waals surface area contributed by atoms with Crippen molar-refractivity contribution in [3.05, 3.63) is 42.0 Å². The largest absolute Gasteiger partial charge is 0.324 e. The summed E-state index contributed by atoms with van der Waals surface area (Å²) in [7, 11) is -1.85. The molecule has 0 fully saturated rings. The van der Waals surface area contributed by atoms with Crippen molar-refractivity contribution in [1.29, 1.82) is 0 Å². The predicted molar refractivity (Wildman–Crippen MR) is 78.7 cm³/mol. The molecule has 21 heavy (non-hydrogen) atoms. The highest BCUT2D eigenvalue weighted by atomic mass is 32.2. The van der Waals surface area contributed by atoms with E-state index in [-0.39, 0.29) is 17.5 Å². The maximum absolute atomic E-state index is 12.3. The molecule has 8 heteroatoms. The van der Waals surface area contributed by atoms with Gasteiger partial charge in [-0.25, -0.2) is 13.1 Å². The average molecular weight is 309 g/mol. The molecule has 0 radical (unpaired) electrons. The highest BCUT2D eigenvalue weighted by Gasteiger charge is 2.16. The van der Waals surface area contributed by atoms with Gasteiger partial charge in [-0.2, -0.15) is 0 Å². The maximum Gasteiger partial charge on any atom is 0.240 e. The Balaban J connectivity index is 2.18. The topological polar surface area (TPSA) is 103 Å². The lowest BCUT2D eigenvalue weighted by Gasteiger charge is -2.11. The summed E-state index contributed by atoms with van der Waals surface area (Å²) >= 11 is 0. The van der Waals surface area contributed by atoms with E-state index in [1.165, 1.54) is 6.33 Å². The third-order valence-electron chi connectivity index (χ3n) is 3.26. The Morgan fingerprint density at radius 1 is 1.43 bits per heavy atom. The Morgan fingerprint density at radius 3 is 2.81 bits per heavy atom. The number of sulfonamides is 1. The second-order valence-corrected chi connectivity index (χ2v) is 6.54. The average Bonchev–Trinajstić information content (AvgIpc) is 2.90. The number of nitrogens with one attached hydrogen (secondary N) is 1. The summed E-state index contributed by atoms with van der Waals surface area (Å²) in [6.45, 7) is 2.04. The van der Waals surface area contributed by atoms with Crippen LogP contribution in [0.3, 0.4) is 0 Å². The van der Waals surface area contributed by atoms with Crippen LogP contribution in [-0.2, 0) is 23.6 Å². The van der Waals surface area contributed by atoms with Gasteiger partial charge < -0.3 is 10.3 Å². The van der Waals surface area contributed by atoms with Crippen LogP contribution in [0.4, 0.5) is 0 Å². The van der Waals surface area contributed by atoms with Crippen LogP contribution in [0.25, 0.3) is 0 Å². The van der Waals surface area contributed by atoms with E-state index in [2.05, 4.69) is 14.9 Å². The maximum atomic E-state index is 12.3. The van der Waals surface area contributed by atoms with Crippen LogP contribution in [0.5, 0.6) is 0 Å². The van der Waals surface area contributed by atoms with Gasteiger partial charge in [-0.1, -0.05) is 19.1 Å². The van der Waals surface area contributed by atoms with Crippen LogP contribution in [0.2, 0.25) is 0 Å². The quantitative estimate of drug-likeness (QED) is 0.817. The van der Waals surface area contributed by atoms with Crippen LogP contribution in [0, 0.1) is 0 Å². The summed E-state index contributed by atoms with van der Waals surface area (Å²) in [5.74, 6) is 0.542. The molecule has 0 saturated carbocycles. The van der Waals surface area contributed by atoms with Crippen molar-refractivity contribution in [3.8, 4) is 0 Å². The first-order chi connectivity index (χ1) is 9.94. The molecule has 0 aliphatic heterocycles. The monoisotopic (exact) mass is 309 g/mol. The lowest BCUT2D eigenvalue weighted by molar-refractivity contribution is 0.577. The second kappa shape index (κ2) is 6.33. The van der Waals surface area contributed by atoms with Crippen molar-refractivity contribution in [1.82, 2.24) is 19.5 Å². The zero-order valence-electron chi connectivity index (χ0n) is 12.0. The van der Waals surface area contributed by atoms with E-state index in [0.717, 1.165) is 12.0 Å². The van der Waals surface area contributed by atoms with E-state index in [0.29, 0.717) is 5.82 Å². The Bertz CT molecular complexity index is 711. The fourth-order valence-corrected chi connectivity index (χ4v) is 2.89. The highest BCUT2D eigenvalue weighted by Crippen LogP contribution is 2.18. The molecule has 2 rings (SSSR count). The van der Waals surface area contributed by atoms with E-state index in [4.69, 9.17) is 5.73 Å². The smallest absolute Gasteiger partial charge is 0.240 e. The molecule has 0 aliphatic carbocycles. The van der Waals surface area contributed by atoms with E-state index < -0.39 is 10.0 Å². The summed E-state index contributed by atoms with van der Waals surface area (Å²) in [5, 5.41) is 7.54. The van der Waals surface area contributed by atoms with Crippen LogP contribution in [0.1, 0.15) is 30.8 Å². The minimum atomic E-state index is -3.60. The number of rotatable bonds is 6. The zero-order chi connectivity index (χ0) is 15.5. The molecule has 1 unspecified atom stereocenters. The standard InChI is InChI=1S/C13H19N5O2S/c1-3-12(14)10-5-4-6-11(7-10)21(19,20)16-8-13-17-15-9-18(13)2/h4-7,9,12,16H,3,8,14H2,1-2H3. The number of aryl methyl sites for hydroxylation is 1. The third-order valence-corrected chi connectivity index (χ3v) is 4.66. The first-order valence-electron chi connectivity index (χ1n) is 6.62. The summed E-state index contributed by atoms with van der Waals surface area (Å²) < 4.78 is 28.8. The van der Waals surface area contributed by atoms with Gasteiger partial charge in [-0.3, -0.25) is 0 Å². The van der Waals surface area contributed by atoms with Crippen LogP contribution in [-0.4, -0.2) is 23.2 Å². The summed E-state index contributed by atoms with van der Waals surface area (Å²) in [4.78, 5) is 0.200. The minimum absolute atomic E-state index is 0.0862. The van der Waals surface area contributed by atoms with Gasteiger partial charge in [0.1, 0.15) is 12.2 Å². The molecule has 1 aromatic carbocycles. The summed E-state index contributed by atoms with van der Waals surface area (Å²) in [6, 6.07) is 6.51. The zero-order valence-corrected chi connectivity index (χ0v) is 12.8. The van der Waals surface area contributed by atoms with Crippen molar-refractivity contribution >= 4 is 10.0 Å². The Kier molecular flexibility index (Phi) is 4.71. The van der Waals surface area contributed by atoms with E-state index in [1.54, 1.807) is 29.8 Å². The van der Waals surface area contributed by atoms with E-state index in [1.807, 2.05) is 13.0 Å². The second-order valence-electron chi connectivity index (χ2n) is 4.77. The van der Waals surface area contributed by atoms with Gasteiger partial charge in [0.15, 0.2) is 0 Å². The fourth-order valence-electron chi connectivity index (χ4n) is 1.86. The van der Waals surface area contributed by atoms with Crippen molar-refractivity contribution in [2.75, 3.05) is 0 Å². The summed E-state index contributed by atoms with van der Waals surface area (Å²) in [6.07, 6.45) is 2.26. The van der Waals surface area contributed by atoms with Gasteiger partial charge in [-0.15, -0.1) is 10.2 Å². The Labute approximate surface area is 124 Å². The minimum Gasteiger partial charge on any atom is -0.324 e. The first kappa shape index (κ1) is 15.6. The molecule has 0 bridgehead atoms.